The van der Waals surface area contributed by atoms with Crippen molar-refractivity contribution in [1.29, 1.82) is 0 Å². The Kier molecular flexibility index (Phi) is 4.62. The van der Waals surface area contributed by atoms with Gasteiger partial charge in [-0.05, 0) is 49.4 Å². The van der Waals surface area contributed by atoms with Crippen LogP contribution in [0.25, 0.3) is 11.4 Å². The minimum Gasteiger partial charge on any atom is -0.319 e. The minimum absolute atomic E-state index is 0.00312. The zero-order valence-electron chi connectivity index (χ0n) is 14.7. The van der Waals surface area contributed by atoms with Gasteiger partial charge in [0, 0.05) is 18.1 Å². The number of aryl methyl sites for hydroxylation is 1. The van der Waals surface area contributed by atoms with Gasteiger partial charge in [0.25, 0.3) is 5.91 Å². The van der Waals surface area contributed by atoms with Crippen LogP contribution in [0.4, 0.5) is 10.1 Å². The number of nitrogens with zero attached hydrogens (tertiary/aromatic N) is 5. The fourth-order valence-corrected chi connectivity index (χ4v) is 2.97. The van der Waals surface area contributed by atoms with Gasteiger partial charge in [-0.2, -0.15) is 0 Å². The van der Waals surface area contributed by atoms with Gasteiger partial charge in [0.15, 0.2) is 0 Å². The van der Waals surface area contributed by atoms with Crippen molar-refractivity contribution in [2.24, 2.45) is 0 Å². The van der Waals surface area contributed by atoms with Crippen LogP contribution in [0, 0.1) is 12.7 Å². The molecule has 0 saturated carbocycles. The van der Waals surface area contributed by atoms with E-state index in [1.165, 1.54) is 16.8 Å². The fraction of sp³-hybridized carbons (Fsp3) is 0.0526. The van der Waals surface area contributed by atoms with Gasteiger partial charge in [-0.1, -0.05) is 11.6 Å². The zero-order valence-corrected chi connectivity index (χ0v) is 15.4. The monoisotopic (exact) mass is 396 g/mol. The van der Waals surface area contributed by atoms with E-state index in [0.29, 0.717) is 22.2 Å². The molecule has 0 bridgehead atoms. The molecule has 2 aromatic heterocycles. The molecule has 0 aliphatic heterocycles. The number of benzene rings is 2. The van der Waals surface area contributed by atoms with Gasteiger partial charge in [-0.25, -0.2) is 19.0 Å². The minimum atomic E-state index is -0.476. The van der Waals surface area contributed by atoms with Crippen LogP contribution in [0.3, 0.4) is 0 Å². The quantitative estimate of drug-likeness (QED) is 0.569. The highest BCUT2D eigenvalue weighted by Gasteiger charge is 2.16. The van der Waals surface area contributed by atoms with E-state index in [9.17, 15) is 9.18 Å². The third-order valence-corrected chi connectivity index (χ3v) is 4.33. The van der Waals surface area contributed by atoms with E-state index in [4.69, 9.17) is 11.6 Å². The first kappa shape index (κ1) is 17.9. The van der Waals surface area contributed by atoms with E-state index in [0.717, 1.165) is 5.69 Å². The van der Waals surface area contributed by atoms with Gasteiger partial charge in [0.05, 0.1) is 22.7 Å². The number of rotatable bonds is 4. The summed E-state index contributed by atoms with van der Waals surface area (Å²) in [5.41, 5.74) is 1.86. The maximum Gasteiger partial charge on any atom is 0.295 e. The van der Waals surface area contributed by atoms with Gasteiger partial charge in [0.2, 0.25) is 5.82 Å². The summed E-state index contributed by atoms with van der Waals surface area (Å²) in [5.74, 6) is -0.326. The van der Waals surface area contributed by atoms with Gasteiger partial charge in [-0.3, -0.25) is 4.79 Å². The highest BCUT2D eigenvalue weighted by atomic mass is 35.5. The number of imidazole rings is 1. The van der Waals surface area contributed by atoms with E-state index in [1.54, 1.807) is 60.5 Å². The first-order valence-electron chi connectivity index (χ1n) is 8.30. The molecule has 0 unspecified atom stereocenters. The maximum absolute atomic E-state index is 13.1. The number of hydrogen-bond acceptors (Lipinski definition) is 4. The highest BCUT2D eigenvalue weighted by Crippen LogP contribution is 2.24. The normalized spacial score (nSPS) is 10.8. The van der Waals surface area contributed by atoms with E-state index in [-0.39, 0.29) is 11.6 Å². The molecule has 1 N–H and O–H groups in total. The second-order valence-corrected chi connectivity index (χ2v) is 6.37. The lowest BCUT2D eigenvalue weighted by Gasteiger charge is -2.08. The summed E-state index contributed by atoms with van der Waals surface area (Å²) in [6, 6.07) is 10.9. The molecule has 0 spiro atoms. The van der Waals surface area contributed by atoms with Crippen LogP contribution >= 0.6 is 11.6 Å². The first-order chi connectivity index (χ1) is 13.5. The Hall–Kier alpha value is -3.52. The Morgan fingerprint density at radius 1 is 1.18 bits per heavy atom. The smallest absolute Gasteiger partial charge is 0.295 e. The van der Waals surface area contributed by atoms with Crippen LogP contribution in [0.5, 0.6) is 0 Å². The lowest BCUT2D eigenvalue weighted by molar-refractivity contribution is 0.101. The van der Waals surface area contributed by atoms with Crippen molar-refractivity contribution >= 4 is 23.2 Å². The van der Waals surface area contributed by atoms with Gasteiger partial charge < -0.3 is 9.88 Å². The lowest BCUT2D eigenvalue weighted by Crippen LogP contribution is -2.14. The second kappa shape index (κ2) is 7.24. The van der Waals surface area contributed by atoms with Crippen LogP contribution in [0.15, 0.2) is 61.2 Å². The summed E-state index contributed by atoms with van der Waals surface area (Å²) in [5, 5.41) is 7.39. The number of hydrogen-bond donors (Lipinski definition) is 1. The third-order valence-electron chi connectivity index (χ3n) is 4.03. The van der Waals surface area contributed by atoms with Crippen molar-refractivity contribution in [2.75, 3.05) is 5.32 Å². The molecule has 0 aliphatic rings. The van der Waals surface area contributed by atoms with Gasteiger partial charge >= 0.3 is 0 Å². The molecule has 9 heteroatoms. The summed E-state index contributed by atoms with van der Waals surface area (Å²) in [6.07, 6.45) is 5.06. The summed E-state index contributed by atoms with van der Waals surface area (Å²) in [7, 11) is 0. The molecule has 140 valence electrons. The second-order valence-electron chi connectivity index (χ2n) is 5.96. The maximum atomic E-state index is 13.1. The summed E-state index contributed by atoms with van der Waals surface area (Å²) < 4.78 is 16.3. The van der Waals surface area contributed by atoms with Gasteiger partial charge in [-0.15, -0.1) is 5.10 Å². The number of carbonyl (C=O) groups excluding carboxylic acids is 1. The summed E-state index contributed by atoms with van der Waals surface area (Å²) >= 11 is 6.31. The number of carbonyl (C=O) groups is 1. The van der Waals surface area contributed by atoms with Crippen LogP contribution in [-0.4, -0.2) is 30.2 Å². The van der Waals surface area contributed by atoms with Gasteiger partial charge in [0.1, 0.15) is 11.6 Å². The van der Waals surface area contributed by atoms with Crippen molar-refractivity contribution in [3.63, 3.8) is 0 Å². The number of halogens is 2. The molecule has 28 heavy (non-hydrogen) atoms. The SMILES string of the molecule is Cc1nc(C(=O)Nc2ccc(-n3ccnc3)c(Cl)c2)nn1-c1ccc(F)cc1. The Bertz CT molecular complexity index is 1140. The predicted octanol–water partition coefficient (Wildman–Crippen LogP) is 3.81. The highest BCUT2D eigenvalue weighted by molar-refractivity contribution is 6.32. The molecule has 4 aromatic rings. The molecule has 0 saturated heterocycles. The molecule has 2 heterocycles. The Morgan fingerprint density at radius 3 is 2.64 bits per heavy atom. The van der Waals surface area contributed by atoms with Crippen LogP contribution in [0.1, 0.15) is 16.4 Å². The van der Waals surface area contributed by atoms with Crippen molar-refractivity contribution < 1.29 is 9.18 Å². The summed E-state index contributed by atoms with van der Waals surface area (Å²) in [4.78, 5) is 20.7. The molecule has 4 rings (SSSR count). The number of amides is 1. The Labute approximate surface area is 164 Å². The van der Waals surface area contributed by atoms with E-state index in [1.807, 2.05) is 0 Å². The average Bonchev–Trinajstić information content (AvgIpc) is 3.33. The molecule has 0 fully saturated rings. The van der Waals surface area contributed by atoms with E-state index in [2.05, 4.69) is 20.4 Å². The topological polar surface area (TPSA) is 77.6 Å². The van der Waals surface area contributed by atoms with Crippen molar-refractivity contribution in [3.05, 3.63) is 83.7 Å². The molecule has 0 radical (unpaired) electrons. The third kappa shape index (κ3) is 3.49. The number of anilines is 1. The molecule has 1 amide bonds. The van der Waals surface area contributed by atoms with Crippen molar-refractivity contribution in [2.45, 2.75) is 6.92 Å². The van der Waals surface area contributed by atoms with Crippen molar-refractivity contribution in [1.82, 2.24) is 24.3 Å². The lowest BCUT2D eigenvalue weighted by atomic mass is 10.2. The van der Waals surface area contributed by atoms with Crippen LogP contribution in [0.2, 0.25) is 5.02 Å². The molecule has 7 nitrogen and oxygen atoms in total. The zero-order chi connectivity index (χ0) is 19.7. The van der Waals surface area contributed by atoms with E-state index < -0.39 is 5.91 Å². The largest absolute Gasteiger partial charge is 0.319 e. The van der Waals surface area contributed by atoms with Crippen molar-refractivity contribution in [3.8, 4) is 11.4 Å². The number of nitrogens with one attached hydrogen (secondary N) is 1. The van der Waals surface area contributed by atoms with Crippen LogP contribution < -0.4 is 5.32 Å². The molecule has 0 atom stereocenters. The Balaban J connectivity index is 1.55. The predicted molar refractivity (Wildman–Crippen MR) is 103 cm³/mol. The fourth-order valence-electron chi connectivity index (χ4n) is 2.70. The van der Waals surface area contributed by atoms with E-state index >= 15 is 0 Å². The summed E-state index contributed by atoms with van der Waals surface area (Å²) in [6.45, 7) is 1.71. The molecular weight excluding hydrogens is 383 g/mol. The molecular formula is C19H14ClFN6O. The molecule has 0 aliphatic carbocycles. The van der Waals surface area contributed by atoms with Crippen LogP contribution in [-0.2, 0) is 0 Å². The number of aromatic nitrogens is 5. The standard InChI is InChI=1S/C19H14ClFN6O/c1-12-23-18(25-27(12)15-5-2-13(21)3-6-15)19(28)24-14-4-7-17(16(20)10-14)26-9-8-22-11-26/h2-11H,1H3,(H,24,28). The average molecular weight is 397 g/mol. The molecule has 2 aromatic carbocycles. The Morgan fingerprint density at radius 2 is 1.96 bits per heavy atom. The first-order valence-corrected chi connectivity index (χ1v) is 8.68.